The second-order valence-electron chi connectivity index (χ2n) is 4.97. The van der Waals surface area contributed by atoms with Crippen molar-refractivity contribution in [2.75, 3.05) is 5.75 Å². The first-order chi connectivity index (χ1) is 9.85. The highest BCUT2D eigenvalue weighted by molar-refractivity contribution is 7.91. The van der Waals surface area contributed by atoms with E-state index in [1.54, 1.807) is 4.68 Å². The van der Waals surface area contributed by atoms with Gasteiger partial charge in [0.05, 0.1) is 34.5 Å². The summed E-state index contributed by atoms with van der Waals surface area (Å²) in [5.74, 6) is -0.0136. The minimum atomic E-state index is -3.37. The van der Waals surface area contributed by atoms with Crippen LogP contribution in [0.5, 0.6) is 0 Å². The number of hydrogen-bond donors (Lipinski definition) is 0. The number of sulfone groups is 1. The van der Waals surface area contributed by atoms with E-state index in [-0.39, 0.29) is 10.6 Å². The van der Waals surface area contributed by atoms with Crippen molar-refractivity contribution in [2.45, 2.75) is 32.2 Å². The van der Waals surface area contributed by atoms with Crippen LogP contribution in [0.25, 0.3) is 0 Å². The zero-order valence-electron chi connectivity index (χ0n) is 12.3. The molecule has 6 heteroatoms. The molecule has 1 heterocycles. The van der Waals surface area contributed by atoms with Crippen LogP contribution in [0.15, 0.2) is 29.2 Å². The molecule has 0 saturated heterocycles. The number of benzene rings is 1. The van der Waals surface area contributed by atoms with Crippen molar-refractivity contribution in [1.82, 2.24) is 9.78 Å². The minimum absolute atomic E-state index is 0.0136. The van der Waals surface area contributed by atoms with Crippen molar-refractivity contribution in [3.05, 3.63) is 46.8 Å². The fourth-order valence-electron chi connectivity index (χ4n) is 2.07. The first-order valence-electron chi connectivity index (χ1n) is 6.58. The Morgan fingerprint density at radius 3 is 2.29 bits per heavy atom. The van der Waals surface area contributed by atoms with Crippen LogP contribution >= 0.6 is 0 Å². The van der Waals surface area contributed by atoms with Gasteiger partial charge < -0.3 is 0 Å². The lowest BCUT2D eigenvalue weighted by atomic mass is 10.2. The number of aryl methyl sites for hydroxylation is 2. The number of nitrogens with zero attached hydrogens (tertiary/aromatic N) is 3. The Labute approximate surface area is 124 Å². The smallest absolute Gasteiger partial charge is 0.180 e. The van der Waals surface area contributed by atoms with Crippen LogP contribution in [0.4, 0.5) is 0 Å². The summed E-state index contributed by atoms with van der Waals surface area (Å²) in [5.41, 5.74) is 3.44. The summed E-state index contributed by atoms with van der Waals surface area (Å²) in [5, 5.41) is 13.1. The standard InChI is InChI=1S/C15H17N3O2S/c1-11-12(2)17-18(13(11)3)8-9-21(19,20)15-6-4-14(10-16)5-7-15/h4-7H,8-9H2,1-3H3. The van der Waals surface area contributed by atoms with Crippen LogP contribution in [0, 0.1) is 32.1 Å². The average Bonchev–Trinajstić information content (AvgIpc) is 2.72. The minimum Gasteiger partial charge on any atom is -0.268 e. The normalized spacial score (nSPS) is 11.3. The summed E-state index contributed by atoms with van der Waals surface area (Å²) in [7, 11) is -3.37. The van der Waals surface area contributed by atoms with Gasteiger partial charge in [-0.2, -0.15) is 10.4 Å². The molecule has 2 rings (SSSR count). The number of nitriles is 1. The lowest BCUT2D eigenvalue weighted by Gasteiger charge is -2.07. The molecule has 1 aromatic heterocycles. The molecule has 0 N–H and O–H groups in total. The molecule has 0 aliphatic rings. The molecule has 0 aliphatic heterocycles. The molecule has 0 spiro atoms. The van der Waals surface area contributed by atoms with Gasteiger partial charge in [-0.05, 0) is 50.6 Å². The Morgan fingerprint density at radius 2 is 1.81 bits per heavy atom. The van der Waals surface area contributed by atoms with Gasteiger partial charge in [0.25, 0.3) is 0 Å². The molecule has 110 valence electrons. The van der Waals surface area contributed by atoms with Gasteiger partial charge >= 0.3 is 0 Å². The monoisotopic (exact) mass is 303 g/mol. The zero-order chi connectivity index (χ0) is 15.6. The fourth-order valence-corrected chi connectivity index (χ4v) is 3.27. The third kappa shape index (κ3) is 3.14. The van der Waals surface area contributed by atoms with Gasteiger partial charge in [0.1, 0.15) is 0 Å². The van der Waals surface area contributed by atoms with Gasteiger partial charge in [-0.15, -0.1) is 0 Å². The molecule has 21 heavy (non-hydrogen) atoms. The van der Waals surface area contributed by atoms with Crippen LogP contribution < -0.4 is 0 Å². The van der Waals surface area contributed by atoms with Crippen molar-refractivity contribution >= 4 is 9.84 Å². The zero-order valence-corrected chi connectivity index (χ0v) is 13.1. The Morgan fingerprint density at radius 1 is 1.19 bits per heavy atom. The molecule has 5 nitrogen and oxygen atoms in total. The lowest BCUT2D eigenvalue weighted by molar-refractivity contribution is 0.576. The molecule has 0 radical (unpaired) electrons. The Kier molecular flexibility index (Phi) is 4.14. The molecular formula is C15H17N3O2S. The number of rotatable bonds is 4. The summed E-state index contributed by atoms with van der Waals surface area (Å²) in [6.45, 7) is 6.14. The van der Waals surface area contributed by atoms with Gasteiger partial charge in [-0.25, -0.2) is 8.42 Å². The third-order valence-corrected chi connectivity index (χ3v) is 5.37. The predicted molar refractivity (Wildman–Crippen MR) is 79.6 cm³/mol. The van der Waals surface area contributed by atoms with Crippen LogP contribution in [0.2, 0.25) is 0 Å². The van der Waals surface area contributed by atoms with E-state index in [1.165, 1.54) is 24.3 Å². The molecule has 0 atom stereocenters. The third-order valence-electron chi connectivity index (χ3n) is 3.66. The Hall–Kier alpha value is -2.13. The first kappa shape index (κ1) is 15.3. The maximum Gasteiger partial charge on any atom is 0.180 e. The van der Waals surface area contributed by atoms with Crippen molar-refractivity contribution in [3.8, 4) is 6.07 Å². The Balaban J connectivity index is 2.17. The van der Waals surface area contributed by atoms with E-state index < -0.39 is 9.84 Å². The van der Waals surface area contributed by atoms with E-state index in [1.807, 2.05) is 26.8 Å². The van der Waals surface area contributed by atoms with Crippen LogP contribution in [0.3, 0.4) is 0 Å². The van der Waals surface area contributed by atoms with E-state index >= 15 is 0 Å². The van der Waals surface area contributed by atoms with Gasteiger partial charge in [0.15, 0.2) is 9.84 Å². The lowest BCUT2D eigenvalue weighted by Crippen LogP contribution is -2.15. The second-order valence-corrected chi connectivity index (χ2v) is 7.08. The SMILES string of the molecule is Cc1nn(CCS(=O)(=O)c2ccc(C#N)cc2)c(C)c1C. The van der Waals surface area contributed by atoms with Crippen LogP contribution in [-0.2, 0) is 16.4 Å². The summed E-state index contributed by atoms with van der Waals surface area (Å²) in [6, 6.07) is 7.94. The largest absolute Gasteiger partial charge is 0.268 e. The highest BCUT2D eigenvalue weighted by Crippen LogP contribution is 2.15. The Bertz CT molecular complexity index is 797. The van der Waals surface area contributed by atoms with Crippen molar-refractivity contribution in [2.24, 2.45) is 0 Å². The molecule has 0 bridgehead atoms. The van der Waals surface area contributed by atoms with Gasteiger partial charge in [0.2, 0.25) is 0 Å². The van der Waals surface area contributed by atoms with Gasteiger partial charge in [-0.1, -0.05) is 0 Å². The first-order valence-corrected chi connectivity index (χ1v) is 8.24. The van der Waals surface area contributed by atoms with E-state index in [4.69, 9.17) is 5.26 Å². The fraction of sp³-hybridized carbons (Fsp3) is 0.333. The van der Waals surface area contributed by atoms with Crippen molar-refractivity contribution < 1.29 is 8.42 Å². The molecule has 2 aromatic rings. The van der Waals surface area contributed by atoms with Gasteiger partial charge in [0, 0.05) is 5.69 Å². The quantitative estimate of drug-likeness (QED) is 0.867. The molecule has 0 fully saturated rings. The van der Waals surface area contributed by atoms with Crippen LogP contribution in [-0.4, -0.2) is 24.0 Å². The highest BCUT2D eigenvalue weighted by atomic mass is 32.2. The van der Waals surface area contributed by atoms with Crippen molar-refractivity contribution in [1.29, 1.82) is 5.26 Å². The summed E-state index contributed by atoms with van der Waals surface area (Å²) >= 11 is 0. The van der Waals surface area contributed by atoms with E-state index in [0.717, 1.165) is 17.0 Å². The van der Waals surface area contributed by atoms with Crippen LogP contribution in [0.1, 0.15) is 22.5 Å². The number of hydrogen-bond acceptors (Lipinski definition) is 4. The molecular weight excluding hydrogens is 286 g/mol. The van der Waals surface area contributed by atoms with Crippen molar-refractivity contribution in [3.63, 3.8) is 0 Å². The second kappa shape index (κ2) is 5.70. The predicted octanol–water partition coefficient (Wildman–Crippen LogP) is 2.15. The maximum absolute atomic E-state index is 12.3. The molecule has 0 unspecified atom stereocenters. The molecule has 0 aliphatic carbocycles. The van der Waals surface area contributed by atoms with Gasteiger partial charge in [-0.3, -0.25) is 4.68 Å². The number of aromatic nitrogens is 2. The topological polar surface area (TPSA) is 75.8 Å². The molecule has 0 saturated carbocycles. The summed E-state index contributed by atoms with van der Waals surface area (Å²) in [6.07, 6.45) is 0. The molecule has 1 aromatic carbocycles. The average molecular weight is 303 g/mol. The summed E-state index contributed by atoms with van der Waals surface area (Å²) < 4.78 is 26.3. The summed E-state index contributed by atoms with van der Waals surface area (Å²) in [4.78, 5) is 0.236. The molecule has 0 amide bonds. The maximum atomic E-state index is 12.3. The van der Waals surface area contributed by atoms with E-state index in [9.17, 15) is 8.42 Å². The highest BCUT2D eigenvalue weighted by Gasteiger charge is 2.16. The van der Waals surface area contributed by atoms with E-state index in [0.29, 0.717) is 12.1 Å². The van der Waals surface area contributed by atoms with E-state index in [2.05, 4.69) is 5.10 Å².